The molecule has 0 amide bonds. The van der Waals surface area contributed by atoms with E-state index in [1.165, 1.54) is 30.4 Å². The Kier molecular flexibility index (Phi) is 3.15. The molecule has 98 valence electrons. The first-order chi connectivity index (χ1) is 8.62. The van der Waals surface area contributed by atoms with Gasteiger partial charge < -0.3 is 5.32 Å². The van der Waals surface area contributed by atoms with Crippen LogP contribution in [0.4, 0.5) is 0 Å². The van der Waals surface area contributed by atoms with Gasteiger partial charge in [-0.3, -0.25) is 0 Å². The molecule has 0 spiro atoms. The second-order valence-electron chi connectivity index (χ2n) is 6.47. The summed E-state index contributed by atoms with van der Waals surface area (Å²) in [6.07, 6.45) is 5.40. The summed E-state index contributed by atoms with van der Waals surface area (Å²) in [7, 11) is 2.07. The molecule has 2 unspecified atom stereocenters. The van der Waals surface area contributed by atoms with Gasteiger partial charge in [-0.15, -0.1) is 0 Å². The Hall–Kier alpha value is -0.530. The standard InChI is InChI=1S/C16H22ClN/c1-11-3-4-12(15(17)5-11)7-16(10-18-2)8-13-6-14(13)9-16/h3-5,13-14,18H,6-10H2,1-2H3. The number of hydrogen-bond donors (Lipinski definition) is 1. The maximum Gasteiger partial charge on any atom is 0.0440 e. The first-order valence-electron chi connectivity index (χ1n) is 7.01. The van der Waals surface area contributed by atoms with Crippen molar-refractivity contribution >= 4 is 11.6 Å². The third kappa shape index (κ3) is 2.31. The molecule has 0 aromatic heterocycles. The molecule has 3 rings (SSSR count). The van der Waals surface area contributed by atoms with E-state index < -0.39 is 0 Å². The molecule has 0 radical (unpaired) electrons. The van der Waals surface area contributed by atoms with Gasteiger partial charge in [0.25, 0.3) is 0 Å². The minimum absolute atomic E-state index is 0.460. The van der Waals surface area contributed by atoms with Crippen molar-refractivity contribution in [1.82, 2.24) is 5.32 Å². The quantitative estimate of drug-likeness (QED) is 0.871. The molecular formula is C16H22ClN. The molecule has 2 saturated carbocycles. The normalized spacial score (nSPS) is 33.5. The molecule has 1 nitrogen and oxygen atoms in total. The minimum atomic E-state index is 0.460. The summed E-state index contributed by atoms with van der Waals surface area (Å²) in [5, 5.41) is 4.35. The highest BCUT2D eigenvalue weighted by molar-refractivity contribution is 6.31. The summed E-state index contributed by atoms with van der Waals surface area (Å²) < 4.78 is 0. The van der Waals surface area contributed by atoms with E-state index in [0.717, 1.165) is 29.8 Å². The molecule has 1 aromatic rings. The zero-order valence-electron chi connectivity index (χ0n) is 11.3. The van der Waals surface area contributed by atoms with Crippen LogP contribution in [0.5, 0.6) is 0 Å². The van der Waals surface area contributed by atoms with Crippen molar-refractivity contribution in [1.29, 1.82) is 0 Å². The summed E-state index contributed by atoms with van der Waals surface area (Å²) >= 11 is 6.40. The van der Waals surface area contributed by atoms with E-state index in [-0.39, 0.29) is 0 Å². The van der Waals surface area contributed by atoms with Gasteiger partial charge in [-0.05, 0) is 74.1 Å². The number of aryl methyl sites for hydroxylation is 1. The summed E-state index contributed by atoms with van der Waals surface area (Å²) in [4.78, 5) is 0. The van der Waals surface area contributed by atoms with Gasteiger partial charge in [-0.2, -0.15) is 0 Å². The Balaban J connectivity index is 1.80. The first kappa shape index (κ1) is 12.5. The van der Waals surface area contributed by atoms with Crippen LogP contribution < -0.4 is 5.32 Å². The number of nitrogens with one attached hydrogen (secondary N) is 1. The van der Waals surface area contributed by atoms with E-state index in [2.05, 4.69) is 37.5 Å². The highest BCUT2D eigenvalue weighted by atomic mass is 35.5. The van der Waals surface area contributed by atoms with Crippen molar-refractivity contribution < 1.29 is 0 Å². The lowest BCUT2D eigenvalue weighted by Crippen LogP contribution is -2.33. The molecule has 0 aliphatic heterocycles. The lowest BCUT2D eigenvalue weighted by atomic mass is 9.77. The van der Waals surface area contributed by atoms with Gasteiger partial charge in [-0.1, -0.05) is 23.7 Å². The second-order valence-corrected chi connectivity index (χ2v) is 6.87. The molecule has 2 aliphatic rings. The highest BCUT2D eigenvalue weighted by Crippen LogP contribution is 2.60. The van der Waals surface area contributed by atoms with Crippen LogP contribution in [0.1, 0.15) is 30.4 Å². The lowest BCUT2D eigenvalue weighted by Gasteiger charge is -2.31. The van der Waals surface area contributed by atoms with Gasteiger partial charge in [0.2, 0.25) is 0 Å². The fourth-order valence-electron chi connectivity index (χ4n) is 3.93. The fraction of sp³-hybridized carbons (Fsp3) is 0.625. The summed E-state index contributed by atoms with van der Waals surface area (Å²) in [5.74, 6) is 2.03. The Morgan fingerprint density at radius 2 is 2.06 bits per heavy atom. The van der Waals surface area contributed by atoms with Gasteiger partial charge in [-0.25, -0.2) is 0 Å². The zero-order valence-corrected chi connectivity index (χ0v) is 12.1. The number of benzene rings is 1. The molecule has 2 heteroatoms. The number of halogens is 1. The summed E-state index contributed by atoms with van der Waals surface area (Å²) in [6.45, 7) is 3.23. The number of fused-ring (bicyclic) bond motifs is 1. The third-order valence-corrected chi connectivity index (χ3v) is 5.14. The van der Waals surface area contributed by atoms with Crippen LogP contribution in [-0.4, -0.2) is 13.6 Å². The van der Waals surface area contributed by atoms with Crippen molar-refractivity contribution in [3.8, 4) is 0 Å². The highest BCUT2D eigenvalue weighted by Gasteiger charge is 2.53. The Morgan fingerprint density at radius 3 is 2.67 bits per heavy atom. The van der Waals surface area contributed by atoms with Crippen LogP contribution in [0.3, 0.4) is 0 Å². The van der Waals surface area contributed by atoms with Crippen LogP contribution >= 0.6 is 11.6 Å². The van der Waals surface area contributed by atoms with Gasteiger partial charge in [0.1, 0.15) is 0 Å². The van der Waals surface area contributed by atoms with Gasteiger partial charge in [0.05, 0.1) is 0 Å². The monoisotopic (exact) mass is 263 g/mol. The van der Waals surface area contributed by atoms with E-state index in [9.17, 15) is 0 Å². The van der Waals surface area contributed by atoms with Crippen molar-refractivity contribution in [3.05, 3.63) is 34.3 Å². The van der Waals surface area contributed by atoms with Gasteiger partial charge in [0, 0.05) is 11.6 Å². The lowest BCUT2D eigenvalue weighted by molar-refractivity contribution is 0.255. The summed E-state index contributed by atoms with van der Waals surface area (Å²) in [6, 6.07) is 6.50. The smallest absolute Gasteiger partial charge is 0.0440 e. The Bertz CT molecular complexity index is 444. The number of hydrogen-bond acceptors (Lipinski definition) is 1. The van der Waals surface area contributed by atoms with E-state index in [1.807, 2.05) is 0 Å². The third-order valence-electron chi connectivity index (χ3n) is 4.79. The van der Waals surface area contributed by atoms with E-state index in [0.29, 0.717) is 5.41 Å². The Morgan fingerprint density at radius 1 is 1.33 bits per heavy atom. The van der Waals surface area contributed by atoms with Crippen molar-refractivity contribution in [2.45, 2.75) is 32.6 Å². The van der Waals surface area contributed by atoms with E-state index >= 15 is 0 Å². The predicted molar refractivity (Wildman–Crippen MR) is 77.1 cm³/mol. The molecule has 0 saturated heterocycles. The first-order valence-corrected chi connectivity index (χ1v) is 7.39. The van der Waals surface area contributed by atoms with Crippen molar-refractivity contribution in [3.63, 3.8) is 0 Å². The number of rotatable bonds is 4. The largest absolute Gasteiger partial charge is 0.319 e. The molecule has 2 fully saturated rings. The van der Waals surface area contributed by atoms with Crippen LogP contribution in [0.25, 0.3) is 0 Å². The second kappa shape index (κ2) is 4.54. The van der Waals surface area contributed by atoms with Crippen molar-refractivity contribution in [2.24, 2.45) is 17.3 Å². The topological polar surface area (TPSA) is 12.0 Å². The molecule has 0 bridgehead atoms. The van der Waals surface area contributed by atoms with Crippen LogP contribution in [0.2, 0.25) is 5.02 Å². The molecule has 2 aliphatic carbocycles. The van der Waals surface area contributed by atoms with Crippen molar-refractivity contribution in [2.75, 3.05) is 13.6 Å². The maximum atomic E-state index is 6.40. The average molecular weight is 264 g/mol. The SMILES string of the molecule is CNCC1(Cc2ccc(C)cc2Cl)CC2CC2C1. The molecular weight excluding hydrogens is 242 g/mol. The molecule has 1 N–H and O–H groups in total. The molecule has 2 atom stereocenters. The van der Waals surface area contributed by atoms with Gasteiger partial charge in [0.15, 0.2) is 0 Å². The average Bonchev–Trinajstić information content (AvgIpc) is 2.92. The minimum Gasteiger partial charge on any atom is -0.319 e. The Labute approximate surface area is 115 Å². The maximum absolute atomic E-state index is 6.40. The molecule has 0 heterocycles. The van der Waals surface area contributed by atoms with Crippen LogP contribution in [0, 0.1) is 24.2 Å². The van der Waals surface area contributed by atoms with Crippen LogP contribution in [-0.2, 0) is 6.42 Å². The molecule has 18 heavy (non-hydrogen) atoms. The van der Waals surface area contributed by atoms with Crippen LogP contribution in [0.15, 0.2) is 18.2 Å². The zero-order chi connectivity index (χ0) is 12.8. The summed E-state index contributed by atoms with van der Waals surface area (Å²) in [5.41, 5.74) is 3.04. The van der Waals surface area contributed by atoms with E-state index in [1.54, 1.807) is 0 Å². The van der Waals surface area contributed by atoms with Gasteiger partial charge >= 0.3 is 0 Å². The van der Waals surface area contributed by atoms with E-state index in [4.69, 9.17) is 11.6 Å². The molecule has 1 aromatic carbocycles. The predicted octanol–water partition coefficient (Wildman–Crippen LogP) is 3.83. The fourth-order valence-corrected chi connectivity index (χ4v) is 4.23.